The summed E-state index contributed by atoms with van der Waals surface area (Å²) in [6.45, 7) is 5.34. The first-order chi connectivity index (χ1) is 14.2. The van der Waals surface area contributed by atoms with Crippen LogP contribution in [0.4, 0.5) is 0 Å². The lowest BCUT2D eigenvalue weighted by Crippen LogP contribution is -2.50. The van der Waals surface area contributed by atoms with Gasteiger partial charge in [0.05, 0.1) is 19.4 Å². The summed E-state index contributed by atoms with van der Waals surface area (Å²) in [5.74, 6) is -1.61. The molecule has 2 amide bonds. The molecule has 2 N–H and O–H groups in total. The smallest absolute Gasteiger partial charge is 0.306 e. The van der Waals surface area contributed by atoms with E-state index in [4.69, 9.17) is 4.74 Å². The van der Waals surface area contributed by atoms with Crippen LogP contribution in [-0.2, 0) is 30.3 Å². The zero-order valence-electron chi connectivity index (χ0n) is 18.3. The van der Waals surface area contributed by atoms with E-state index in [0.717, 1.165) is 17.3 Å². The molecule has 2 unspecified atom stereocenters. The average molecular weight is 437 g/mol. The first kappa shape index (κ1) is 25.7. The van der Waals surface area contributed by atoms with Crippen molar-refractivity contribution in [2.75, 3.05) is 14.2 Å². The zero-order valence-corrected chi connectivity index (χ0v) is 19.1. The minimum absolute atomic E-state index is 0.0606. The highest BCUT2D eigenvalue weighted by atomic mass is 32.2. The molecule has 0 aliphatic rings. The number of carbonyl (C=O) groups is 4. The largest absolute Gasteiger partial charge is 0.469 e. The lowest BCUT2D eigenvalue weighted by molar-refractivity contribution is -0.141. The van der Waals surface area contributed by atoms with Gasteiger partial charge in [0.1, 0.15) is 6.04 Å². The summed E-state index contributed by atoms with van der Waals surface area (Å²) in [6, 6.07) is 8.64. The van der Waals surface area contributed by atoms with Gasteiger partial charge in [0.25, 0.3) is 0 Å². The SMILES string of the molecule is CNC(=O)[C@H](Cc1ccccc1)NC(=O)C(CC(C)C)C(CC(=O)OC)SC(C)=O. The number of likely N-dealkylation sites (N-methyl/N-ethyl adjacent to an activating group) is 1. The Bertz CT molecular complexity index is 723. The van der Waals surface area contributed by atoms with Gasteiger partial charge in [0.15, 0.2) is 5.12 Å². The number of hydrogen-bond acceptors (Lipinski definition) is 6. The highest BCUT2D eigenvalue weighted by molar-refractivity contribution is 8.14. The van der Waals surface area contributed by atoms with Crippen LogP contribution in [0.2, 0.25) is 0 Å². The zero-order chi connectivity index (χ0) is 22.7. The van der Waals surface area contributed by atoms with E-state index in [-0.39, 0.29) is 29.3 Å². The van der Waals surface area contributed by atoms with Gasteiger partial charge in [-0.05, 0) is 17.9 Å². The fraction of sp³-hybridized carbons (Fsp3) is 0.545. The second kappa shape index (κ2) is 13.1. The summed E-state index contributed by atoms with van der Waals surface area (Å²) in [5.41, 5.74) is 0.913. The third-order valence-corrected chi connectivity index (χ3v) is 5.72. The van der Waals surface area contributed by atoms with Crippen molar-refractivity contribution in [3.05, 3.63) is 35.9 Å². The number of methoxy groups -OCH3 is 1. The highest BCUT2D eigenvalue weighted by Crippen LogP contribution is 2.29. The van der Waals surface area contributed by atoms with E-state index in [1.807, 2.05) is 44.2 Å². The summed E-state index contributed by atoms with van der Waals surface area (Å²) in [6.07, 6.45) is 0.747. The monoisotopic (exact) mass is 436 g/mol. The van der Waals surface area contributed by atoms with Gasteiger partial charge < -0.3 is 15.4 Å². The maximum atomic E-state index is 13.2. The van der Waals surface area contributed by atoms with Crippen LogP contribution in [0.25, 0.3) is 0 Å². The van der Waals surface area contributed by atoms with Crippen molar-refractivity contribution in [3.63, 3.8) is 0 Å². The van der Waals surface area contributed by atoms with Crippen molar-refractivity contribution in [1.29, 1.82) is 0 Å². The molecule has 166 valence electrons. The number of carbonyl (C=O) groups excluding carboxylic acids is 4. The fourth-order valence-corrected chi connectivity index (χ4v) is 4.22. The molecule has 3 atom stereocenters. The molecule has 7 nitrogen and oxygen atoms in total. The van der Waals surface area contributed by atoms with Gasteiger partial charge in [-0.1, -0.05) is 55.9 Å². The van der Waals surface area contributed by atoms with Crippen LogP contribution in [0.1, 0.15) is 39.2 Å². The normalized spacial score (nSPS) is 13.8. The van der Waals surface area contributed by atoms with Crippen LogP contribution in [-0.4, -0.2) is 48.3 Å². The third kappa shape index (κ3) is 8.98. The van der Waals surface area contributed by atoms with Crippen molar-refractivity contribution in [1.82, 2.24) is 10.6 Å². The van der Waals surface area contributed by atoms with E-state index in [1.54, 1.807) is 0 Å². The lowest BCUT2D eigenvalue weighted by atomic mass is 9.91. The topological polar surface area (TPSA) is 102 Å². The third-order valence-electron chi connectivity index (χ3n) is 4.59. The van der Waals surface area contributed by atoms with Crippen molar-refractivity contribution in [2.24, 2.45) is 11.8 Å². The molecular formula is C22H32N2O5S. The maximum absolute atomic E-state index is 13.2. The standard InChI is InChI=1S/C22H32N2O5S/c1-14(2)11-17(19(30-15(3)25)13-20(26)29-5)21(27)24-18(22(28)23-4)12-16-9-7-6-8-10-16/h6-10,14,17-19H,11-13H2,1-5H3,(H,23,28)(H,24,27)/t17?,18-,19?/m0/s1. The number of hydrogen-bond donors (Lipinski definition) is 2. The van der Waals surface area contributed by atoms with Crippen molar-refractivity contribution in [3.8, 4) is 0 Å². The first-order valence-electron chi connectivity index (χ1n) is 9.97. The second-order valence-electron chi connectivity index (χ2n) is 7.53. The number of rotatable bonds is 11. The van der Waals surface area contributed by atoms with Crippen LogP contribution >= 0.6 is 11.8 Å². The molecule has 0 radical (unpaired) electrons. The number of thioether (sulfide) groups is 1. The minimum atomic E-state index is -0.763. The van der Waals surface area contributed by atoms with E-state index in [2.05, 4.69) is 10.6 Å². The summed E-state index contributed by atoms with van der Waals surface area (Å²) in [7, 11) is 2.79. The molecule has 0 aliphatic heterocycles. The predicted molar refractivity (Wildman–Crippen MR) is 118 cm³/mol. The molecule has 0 saturated heterocycles. The molecule has 0 heterocycles. The molecular weight excluding hydrogens is 404 g/mol. The quantitative estimate of drug-likeness (QED) is 0.516. The highest BCUT2D eigenvalue weighted by Gasteiger charge is 2.34. The molecule has 0 spiro atoms. The summed E-state index contributed by atoms with van der Waals surface area (Å²) in [4.78, 5) is 49.3. The Balaban J connectivity index is 3.10. The van der Waals surface area contributed by atoms with Crippen molar-refractivity contribution < 1.29 is 23.9 Å². The predicted octanol–water partition coefficient (Wildman–Crippen LogP) is 2.33. The van der Waals surface area contributed by atoms with Crippen LogP contribution < -0.4 is 10.6 Å². The second-order valence-corrected chi connectivity index (χ2v) is 8.95. The molecule has 0 aromatic heterocycles. The number of ether oxygens (including phenoxy) is 1. The first-order valence-corrected chi connectivity index (χ1v) is 10.9. The molecule has 30 heavy (non-hydrogen) atoms. The van der Waals surface area contributed by atoms with Gasteiger partial charge in [-0.15, -0.1) is 0 Å². The van der Waals surface area contributed by atoms with Crippen LogP contribution in [0, 0.1) is 11.8 Å². The van der Waals surface area contributed by atoms with Crippen molar-refractivity contribution >= 4 is 34.7 Å². The van der Waals surface area contributed by atoms with E-state index in [1.165, 1.54) is 21.1 Å². The van der Waals surface area contributed by atoms with Gasteiger partial charge in [-0.25, -0.2) is 0 Å². The molecule has 1 aromatic carbocycles. The van der Waals surface area contributed by atoms with Gasteiger partial charge >= 0.3 is 5.97 Å². The molecule has 1 rings (SSSR count). The van der Waals surface area contributed by atoms with E-state index in [9.17, 15) is 19.2 Å². The molecule has 0 bridgehead atoms. The number of nitrogens with one attached hydrogen (secondary N) is 2. The van der Waals surface area contributed by atoms with E-state index in [0.29, 0.717) is 12.8 Å². The molecule has 0 aliphatic carbocycles. The Morgan fingerprint density at radius 1 is 1.07 bits per heavy atom. The Kier molecular flexibility index (Phi) is 11.2. The van der Waals surface area contributed by atoms with Gasteiger partial charge in [0, 0.05) is 25.6 Å². The molecule has 1 aromatic rings. The van der Waals surface area contributed by atoms with Gasteiger partial charge in [-0.2, -0.15) is 0 Å². The molecule has 0 saturated carbocycles. The van der Waals surface area contributed by atoms with Gasteiger partial charge in [0.2, 0.25) is 11.8 Å². The van der Waals surface area contributed by atoms with Crippen LogP contribution in [0.15, 0.2) is 30.3 Å². The van der Waals surface area contributed by atoms with Gasteiger partial charge in [-0.3, -0.25) is 19.2 Å². The summed E-state index contributed by atoms with van der Waals surface area (Å²) >= 11 is 0.966. The Morgan fingerprint density at radius 2 is 1.70 bits per heavy atom. The number of esters is 1. The number of amides is 2. The Morgan fingerprint density at radius 3 is 2.20 bits per heavy atom. The average Bonchev–Trinajstić information content (AvgIpc) is 2.70. The molecule has 0 fully saturated rings. The van der Waals surface area contributed by atoms with E-state index < -0.39 is 23.2 Å². The van der Waals surface area contributed by atoms with Crippen molar-refractivity contribution in [2.45, 2.75) is 51.3 Å². The Hall–Kier alpha value is -2.35. The summed E-state index contributed by atoms with van der Waals surface area (Å²) < 4.78 is 4.75. The summed E-state index contributed by atoms with van der Waals surface area (Å²) in [5, 5.41) is 4.67. The fourth-order valence-electron chi connectivity index (χ4n) is 3.17. The van der Waals surface area contributed by atoms with Crippen LogP contribution in [0.3, 0.4) is 0 Å². The lowest BCUT2D eigenvalue weighted by Gasteiger charge is -2.28. The number of benzene rings is 1. The van der Waals surface area contributed by atoms with Crippen LogP contribution in [0.5, 0.6) is 0 Å². The molecule has 8 heteroatoms. The van der Waals surface area contributed by atoms with E-state index >= 15 is 0 Å². The Labute approximate surface area is 182 Å². The maximum Gasteiger partial charge on any atom is 0.306 e. The minimum Gasteiger partial charge on any atom is -0.469 e.